The second-order valence-electron chi connectivity index (χ2n) is 5.86. The maximum Gasteiger partial charge on any atom is 0.276 e. The lowest BCUT2D eigenvalue weighted by Crippen LogP contribution is -2.34. The first-order chi connectivity index (χ1) is 9.74. The monoisotopic (exact) mass is 307 g/mol. The van der Waals surface area contributed by atoms with Crippen LogP contribution in [0.5, 0.6) is 0 Å². The summed E-state index contributed by atoms with van der Waals surface area (Å²) in [5, 5.41) is 4.06. The molecule has 0 saturated heterocycles. The average Bonchev–Trinajstić information content (AvgIpc) is 3.02. The molecule has 2 fully saturated rings. The Kier molecular flexibility index (Phi) is 3.67. The van der Waals surface area contributed by atoms with Gasteiger partial charge in [-0.2, -0.15) is 4.98 Å². The molecule has 0 spiro atoms. The minimum atomic E-state index is -0.423. The average molecular weight is 308 g/mol. The molecule has 2 aromatic rings. The molecule has 0 atom stereocenters. The molecule has 0 aromatic carbocycles. The summed E-state index contributed by atoms with van der Waals surface area (Å²) in [5.41, 5.74) is 6.62. The van der Waals surface area contributed by atoms with Crippen LogP contribution >= 0.6 is 12.4 Å². The highest BCUT2D eigenvalue weighted by Crippen LogP contribution is 2.38. The van der Waals surface area contributed by atoms with Gasteiger partial charge in [0, 0.05) is 12.1 Å². The first kappa shape index (κ1) is 14.4. The van der Waals surface area contributed by atoms with E-state index in [0.717, 1.165) is 31.5 Å². The third kappa shape index (κ3) is 2.65. The zero-order valence-electron chi connectivity index (χ0n) is 11.7. The van der Waals surface area contributed by atoms with Gasteiger partial charge in [-0.15, -0.1) is 12.4 Å². The van der Waals surface area contributed by atoms with Crippen molar-refractivity contribution in [2.75, 3.05) is 0 Å². The van der Waals surface area contributed by atoms with Crippen LogP contribution in [0.1, 0.15) is 56.1 Å². The van der Waals surface area contributed by atoms with Crippen molar-refractivity contribution < 1.29 is 4.52 Å². The van der Waals surface area contributed by atoms with Crippen molar-refractivity contribution in [1.82, 2.24) is 20.1 Å². The van der Waals surface area contributed by atoms with Gasteiger partial charge >= 0.3 is 0 Å². The molecule has 0 amide bonds. The molecular formula is C14H18ClN5O. The summed E-state index contributed by atoms with van der Waals surface area (Å²) in [6, 6.07) is 1.81. The molecular weight excluding hydrogens is 290 g/mol. The van der Waals surface area contributed by atoms with E-state index in [4.69, 9.17) is 10.3 Å². The third-order valence-electron chi connectivity index (χ3n) is 4.20. The molecule has 2 aromatic heterocycles. The largest absolute Gasteiger partial charge is 0.332 e. The molecule has 6 nitrogen and oxygen atoms in total. The van der Waals surface area contributed by atoms with Gasteiger partial charge in [0.15, 0.2) is 5.82 Å². The summed E-state index contributed by atoms with van der Waals surface area (Å²) in [6.45, 7) is 0. The minimum Gasteiger partial charge on any atom is -0.332 e. The zero-order chi connectivity index (χ0) is 13.6. The Morgan fingerprint density at radius 3 is 2.67 bits per heavy atom. The van der Waals surface area contributed by atoms with Crippen molar-refractivity contribution in [2.45, 2.75) is 50.0 Å². The van der Waals surface area contributed by atoms with E-state index in [2.05, 4.69) is 20.1 Å². The van der Waals surface area contributed by atoms with E-state index >= 15 is 0 Å². The highest BCUT2D eigenvalue weighted by Gasteiger charge is 2.36. The SMILES string of the molecule is Cl.NC1(c2noc(-c3ccnc(C4CC4)n3)n2)CCCC1. The Morgan fingerprint density at radius 2 is 1.95 bits per heavy atom. The van der Waals surface area contributed by atoms with E-state index in [-0.39, 0.29) is 12.4 Å². The predicted molar refractivity (Wildman–Crippen MR) is 78.9 cm³/mol. The maximum absolute atomic E-state index is 6.34. The molecule has 4 rings (SSSR count). The predicted octanol–water partition coefficient (Wildman–Crippen LogP) is 2.55. The molecule has 0 aliphatic heterocycles. The summed E-state index contributed by atoms with van der Waals surface area (Å²) in [7, 11) is 0. The number of hydrogen-bond donors (Lipinski definition) is 1. The van der Waals surface area contributed by atoms with Crippen LogP contribution in [-0.2, 0) is 5.54 Å². The summed E-state index contributed by atoms with van der Waals surface area (Å²) in [4.78, 5) is 13.3. The lowest BCUT2D eigenvalue weighted by atomic mass is 9.99. The van der Waals surface area contributed by atoms with Crippen LogP contribution in [0.25, 0.3) is 11.6 Å². The van der Waals surface area contributed by atoms with Gasteiger partial charge in [0.1, 0.15) is 11.5 Å². The summed E-state index contributed by atoms with van der Waals surface area (Å²) in [6.07, 6.45) is 8.19. The summed E-state index contributed by atoms with van der Waals surface area (Å²) in [5.74, 6) is 2.44. The minimum absolute atomic E-state index is 0. The van der Waals surface area contributed by atoms with Gasteiger partial charge in [0.2, 0.25) is 0 Å². The first-order valence-electron chi connectivity index (χ1n) is 7.21. The number of nitrogens with two attached hydrogens (primary N) is 1. The molecule has 21 heavy (non-hydrogen) atoms. The van der Waals surface area contributed by atoms with Gasteiger partial charge in [-0.1, -0.05) is 18.0 Å². The molecule has 0 unspecified atom stereocenters. The molecule has 2 aliphatic rings. The van der Waals surface area contributed by atoms with Crippen LogP contribution in [-0.4, -0.2) is 20.1 Å². The van der Waals surface area contributed by atoms with Crippen LogP contribution in [0.4, 0.5) is 0 Å². The van der Waals surface area contributed by atoms with Gasteiger partial charge in [-0.25, -0.2) is 9.97 Å². The van der Waals surface area contributed by atoms with E-state index in [1.54, 1.807) is 12.3 Å². The highest BCUT2D eigenvalue weighted by atomic mass is 35.5. The maximum atomic E-state index is 6.34. The Hall–Kier alpha value is -1.53. The van der Waals surface area contributed by atoms with Crippen molar-refractivity contribution in [2.24, 2.45) is 5.73 Å². The first-order valence-corrected chi connectivity index (χ1v) is 7.21. The van der Waals surface area contributed by atoms with Gasteiger partial charge in [-0.05, 0) is 31.7 Å². The van der Waals surface area contributed by atoms with Gasteiger partial charge in [-0.3, -0.25) is 0 Å². The van der Waals surface area contributed by atoms with Gasteiger partial charge in [0.05, 0.1) is 5.54 Å². The van der Waals surface area contributed by atoms with Crippen LogP contribution in [0.3, 0.4) is 0 Å². The normalized spacial score (nSPS) is 20.2. The second-order valence-corrected chi connectivity index (χ2v) is 5.86. The fourth-order valence-corrected chi connectivity index (χ4v) is 2.79. The number of rotatable bonds is 3. The van der Waals surface area contributed by atoms with E-state index in [1.165, 1.54) is 12.8 Å². The van der Waals surface area contributed by atoms with E-state index in [0.29, 0.717) is 23.3 Å². The Morgan fingerprint density at radius 1 is 1.19 bits per heavy atom. The van der Waals surface area contributed by atoms with Crippen LogP contribution in [0, 0.1) is 0 Å². The fourth-order valence-electron chi connectivity index (χ4n) is 2.79. The Bertz CT molecular complexity index is 634. The van der Waals surface area contributed by atoms with Crippen molar-refractivity contribution in [3.05, 3.63) is 23.9 Å². The number of hydrogen-bond acceptors (Lipinski definition) is 6. The summed E-state index contributed by atoms with van der Waals surface area (Å²) >= 11 is 0. The van der Waals surface area contributed by atoms with Crippen LogP contribution in [0.15, 0.2) is 16.8 Å². The van der Waals surface area contributed by atoms with E-state index in [9.17, 15) is 0 Å². The quantitative estimate of drug-likeness (QED) is 0.937. The third-order valence-corrected chi connectivity index (χ3v) is 4.20. The molecule has 0 radical (unpaired) electrons. The van der Waals surface area contributed by atoms with E-state index < -0.39 is 5.54 Å². The topological polar surface area (TPSA) is 90.7 Å². The Balaban J connectivity index is 0.00000132. The standard InChI is InChI=1S/C14H17N5O.ClH/c15-14(6-1-2-7-14)13-18-12(20-19-13)10-5-8-16-11(17-10)9-3-4-9;/h5,8-9H,1-4,6-7,15H2;1H. The molecule has 7 heteroatoms. The molecule has 2 heterocycles. The van der Waals surface area contributed by atoms with Crippen molar-refractivity contribution in [1.29, 1.82) is 0 Å². The zero-order valence-corrected chi connectivity index (χ0v) is 12.5. The van der Waals surface area contributed by atoms with E-state index in [1.807, 2.05) is 0 Å². The Labute approximate surface area is 129 Å². The van der Waals surface area contributed by atoms with Crippen molar-refractivity contribution in [3.63, 3.8) is 0 Å². The lowest BCUT2D eigenvalue weighted by molar-refractivity contribution is 0.372. The lowest BCUT2D eigenvalue weighted by Gasteiger charge is -2.17. The molecule has 2 N–H and O–H groups in total. The van der Waals surface area contributed by atoms with Crippen molar-refractivity contribution >= 4 is 12.4 Å². The van der Waals surface area contributed by atoms with Gasteiger partial charge < -0.3 is 10.3 Å². The molecule has 2 saturated carbocycles. The fraction of sp³-hybridized carbons (Fsp3) is 0.571. The van der Waals surface area contributed by atoms with Gasteiger partial charge in [0.25, 0.3) is 5.89 Å². The molecule has 2 aliphatic carbocycles. The number of nitrogens with zero attached hydrogens (tertiary/aromatic N) is 4. The van der Waals surface area contributed by atoms with Crippen LogP contribution in [0.2, 0.25) is 0 Å². The second kappa shape index (κ2) is 5.35. The van der Waals surface area contributed by atoms with Crippen molar-refractivity contribution in [3.8, 4) is 11.6 Å². The molecule has 112 valence electrons. The smallest absolute Gasteiger partial charge is 0.276 e. The number of aromatic nitrogens is 4. The van der Waals surface area contributed by atoms with Crippen LogP contribution < -0.4 is 5.73 Å². The summed E-state index contributed by atoms with van der Waals surface area (Å²) < 4.78 is 5.35. The molecule has 0 bridgehead atoms. The number of halogens is 1. The highest BCUT2D eigenvalue weighted by molar-refractivity contribution is 5.85.